The van der Waals surface area contributed by atoms with Crippen molar-refractivity contribution in [3.8, 4) is 0 Å². The third-order valence-corrected chi connectivity index (χ3v) is 3.27. The maximum Gasteiger partial charge on any atom is 0.254 e. The van der Waals surface area contributed by atoms with Gasteiger partial charge in [-0.05, 0) is 25.7 Å². The lowest BCUT2D eigenvalue weighted by Gasteiger charge is -2.15. The monoisotopic (exact) mass is 253 g/mol. The molecule has 102 valence electrons. The minimum Gasteiger partial charge on any atom is -0.396 e. The summed E-state index contributed by atoms with van der Waals surface area (Å²) < 4.78 is 1.69. The number of carbonyl (C=O) groups excluding carboxylic acids is 1. The molecule has 5 heteroatoms. The predicted octanol–water partition coefficient (Wildman–Crippen LogP) is 1.26. The van der Waals surface area contributed by atoms with Gasteiger partial charge in [0.15, 0.2) is 0 Å². The van der Waals surface area contributed by atoms with E-state index in [1.807, 2.05) is 14.0 Å². The summed E-state index contributed by atoms with van der Waals surface area (Å²) in [6.45, 7) is 4.77. The van der Waals surface area contributed by atoms with E-state index in [2.05, 4.69) is 17.3 Å². The van der Waals surface area contributed by atoms with Crippen LogP contribution in [0.4, 0.5) is 0 Å². The summed E-state index contributed by atoms with van der Waals surface area (Å²) in [5.41, 5.74) is 1.48. The molecule has 18 heavy (non-hydrogen) atoms. The zero-order chi connectivity index (χ0) is 13.5. The van der Waals surface area contributed by atoms with Gasteiger partial charge in [0.05, 0.1) is 11.8 Å². The Morgan fingerprint density at radius 1 is 1.56 bits per heavy atom. The Bertz CT molecular complexity index is 382. The standard InChI is InChI=1S/C13H23N3O2/c1-4-5-11(6-7-17)8-14-13(18)12-9-15-16(3)10(12)2/h9,11,17H,4-8H2,1-3H3,(H,14,18). The number of aliphatic hydroxyl groups excluding tert-OH is 1. The second-order valence-corrected chi connectivity index (χ2v) is 4.64. The van der Waals surface area contributed by atoms with Crippen LogP contribution in [0.15, 0.2) is 6.20 Å². The summed E-state index contributed by atoms with van der Waals surface area (Å²) in [5.74, 6) is 0.264. The Balaban J connectivity index is 2.51. The van der Waals surface area contributed by atoms with Gasteiger partial charge in [-0.1, -0.05) is 13.3 Å². The van der Waals surface area contributed by atoms with Crippen LogP contribution in [0.3, 0.4) is 0 Å². The highest BCUT2D eigenvalue weighted by atomic mass is 16.3. The number of aliphatic hydroxyl groups is 1. The molecule has 0 fully saturated rings. The van der Waals surface area contributed by atoms with E-state index in [-0.39, 0.29) is 12.5 Å². The van der Waals surface area contributed by atoms with Crippen molar-refractivity contribution in [3.05, 3.63) is 17.5 Å². The van der Waals surface area contributed by atoms with Crippen molar-refractivity contribution < 1.29 is 9.90 Å². The maximum absolute atomic E-state index is 12.0. The van der Waals surface area contributed by atoms with Crippen molar-refractivity contribution in [2.75, 3.05) is 13.2 Å². The van der Waals surface area contributed by atoms with Crippen molar-refractivity contribution in [3.63, 3.8) is 0 Å². The number of aromatic nitrogens is 2. The van der Waals surface area contributed by atoms with Crippen LogP contribution >= 0.6 is 0 Å². The summed E-state index contributed by atoms with van der Waals surface area (Å²) in [6.07, 6.45) is 4.41. The molecule has 0 radical (unpaired) electrons. The van der Waals surface area contributed by atoms with Gasteiger partial charge in [-0.25, -0.2) is 0 Å². The number of carbonyl (C=O) groups is 1. The lowest BCUT2D eigenvalue weighted by Crippen LogP contribution is -2.30. The van der Waals surface area contributed by atoms with E-state index in [9.17, 15) is 4.79 Å². The van der Waals surface area contributed by atoms with Gasteiger partial charge in [-0.2, -0.15) is 5.10 Å². The number of amides is 1. The number of nitrogens with one attached hydrogen (secondary N) is 1. The zero-order valence-corrected chi connectivity index (χ0v) is 11.4. The smallest absolute Gasteiger partial charge is 0.254 e. The average molecular weight is 253 g/mol. The van der Waals surface area contributed by atoms with E-state index < -0.39 is 0 Å². The number of hydrogen-bond donors (Lipinski definition) is 2. The molecule has 0 saturated heterocycles. The van der Waals surface area contributed by atoms with E-state index in [1.54, 1.807) is 10.9 Å². The van der Waals surface area contributed by atoms with Crippen molar-refractivity contribution in [2.45, 2.75) is 33.1 Å². The molecular formula is C13H23N3O2. The molecule has 0 saturated carbocycles. The average Bonchev–Trinajstić information content (AvgIpc) is 2.67. The van der Waals surface area contributed by atoms with Gasteiger partial charge in [-0.3, -0.25) is 9.48 Å². The molecule has 1 aromatic rings. The number of hydrogen-bond acceptors (Lipinski definition) is 3. The fraction of sp³-hybridized carbons (Fsp3) is 0.692. The largest absolute Gasteiger partial charge is 0.396 e. The lowest BCUT2D eigenvalue weighted by molar-refractivity contribution is 0.0942. The molecule has 1 rings (SSSR count). The van der Waals surface area contributed by atoms with Crippen LogP contribution in [-0.2, 0) is 7.05 Å². The van der Waals surface area contributed by atoms with Gasteiger partial charge >= 0.3 is 0 Å². The molecule has 1 amide bonds. The molecule has 0 bridgehead atoms. The number of rotatable bonds is 7. The molecule has 0 aromatic carbocycles. The van der Waals surface area contributed by atoms with E-state index in [0.717, 1.165) is 25.0 Å². The van der Waals surface area contributed by atoms with Gasteiger partial charge in [0, 0.05) is 25.9 Å². The Morgan fingerprint density at radius 3 is 2.78 bits per heavy atom. The highest BCUT2D eigenvalue weighted by molar-refractivity contribution is 5.94. The van der Waals surface area contributed by atoms with Crippen LogP contribution in [0.2, 0.25) is 0 Å². The van der Waals surface area contributed by atoms with Crippen molar-refractivity contribution in [2.24, 2.45) is 13.0 Å². The third kappa shape index (κ3) is 3.84. The molecule has 1 heterocycles. The Morgan fingerprint density at radius 2 is 2.28 bits per heavy atom. The topological polar surface area (TPSA) is 67.2 Å². The number of aryl methyl sites for hydroxylation is 1. The Labute approximate surface area is 108 Å². The van der Waals surface area contributed by atoms with Crippen LogP contribution < -0.4 is 5.32 Å². The highest BCUT2D eigenvalue weighted by Gasteiger charge is 2.14. The van der Waals surface area contributed by atoms with Crippen molar-refractivity contribution in [1.82, 2.24) is 15.1 Å². The summed E-state index contributed by atoms with van der Waals surface area (Å²) in [6, 6.07) is 0. The van der Waals surface area contributed by atoms with Gasteiger partial charge in [0.2, 0.25) is 0 Å². The second kappa shape index (κ2) is 7.16. The fourth-order valence-corrected chi connectivity index (χ4v) is 1.99. The highest BCUT2D eigenvalue weighted by Crippen LogP contribution is 2.10. The minimum absolute atomic E-state index is 0.0837. The van der Waals surface area contributed by atoms with Crippen molar-refractivity contribution in [1.29, 1.82) is 0 Å². The molecule has 1 aromatic heterocycles. The van der Waals surface area contributed by atoms with E-state index >= 15 is 0 Å². The first-order valence-electron chi connectivity index (χ1n) is 6.47. The molecule has 0 aliphatic carbocycles. The molecule has 1 unspecified atom stereocenters. The SMILES string of the molecule is CCCC(CCO)CNC(=O)c1cnn(C)c1C. The van der Waals surface area contributed by atoms with Crippen LogP contribution in [0, 0.1) is 12.8 Å². The molecule has 0 spiro atoms. The molecule has 2 N–H and O–H groups in total. The van der Waals surface area contributed by atoms with Gasteiger partial charge in [0.1, 0.15) is 0 Å². The van der Waals surface area contributed by atoms with E-state index in [0.29, 0.717) is 18.0 Å². The first-order chi connectivity index (χ1) is 8.60. The quantitative estimate of drug-likeness (QED) is 0.768. The summed E-state index contributed by atoms with van der Waals surface area (Å²) in [5, 5.41) is 15.9. The Kier molecular flexibility index (Phi) is 5.85. The number of nitrogens with zero attached hydrogens (tertiary/aromatic N) is 2. The molecule has 0 aliphatic rings. The van der Waals surface area contributed by atoms with Gasteiger partial charge < -0.3 is 10.4 Å². The summed E-state index contributed by atoms with van der Waals surface area (Å²) in [4.78, 5) is 12.0. The first kappa shape index (κ1) is 14.7. The Hall–Kier alpha value is -1.36. The first-order valence-corrected chi connectivity index (χ1v) is 6.47. The van der Waals surface area contributed by atoms with Crippen LogP contribution in [0.25, 0.3) is 0 Å². The van der Waals surface area contributed by atoms with Gasteiger partial charge in [-0.15, -0.1) is 0 Å². The van der Waals surface area contributed by atoms with E-state index in [1.165, 1.54) is 0 Å². The lowest BCUT2D eigenvalue weighted by atomic mass is 10.00. The molecule has 0 aliphatic heterocycles. The van der Waals surface area contributed by atoms with Crippen LogP contribution in [-0.4, -0.2) is 33.9 Å². The van der Waals surface area contributed by atoms with Gasteiger partial charge in [0.25, 0.3) is 5.91 Å². The van der Waals surface area contributed by atoms with E-state index in [4.69, 9.17) is 5.11 Å². The van der Waals surface area contributed by atoms with Crippen LogP contribution in [0.1, 0.15) is 42.2 Å². The summed E-state index contributed by atoms with van der Waals surface area (Å²) in [7, 11) is 1.82. The second-order valence-electron chi connectivity index (χ2n) is 4.64. The van der Waals surface area contributed by atoms with Crippen molar-refractivity contribution >= 4 is 5.91 Å². The normalized spacial score (nSPS) is 12.4. The predicted molar refractivity (Wildman–Crippen MR) is 70.4 cm³/mol. The fourth-order valence-electron chi connectivity index (χ4n) is 1.99. The molecule has 1 atom stereocenters. The van der Waals surface area contributed by atoms with Crippen LogP contribution in [0.5, 0.6) is 0 Å². The minimum atomic E-state index is -0.0837. The summed E-state index contributed by atoms with van der Waals surface area (Å²) >= 11 is 0. The molecule has 5 nitrogen and oxygen atoms in total. The zero-order valence-electron chi connectivity index (χ0n) is 11.4. The molecular weight excluding hydrogens is 230 g/mol. The third-order valence-electron chi connectivity index (χ3n) is 3.27. The maximum atomic E-state index is 12.0.